The molecule has 0 atom stereocenters. The minimum Gasteiger partial charge on any atom is -0.494 e. The van der Waals surface area contributed by atoms with Crippen LogP contribution in [0.1, 0.15) is 22.2 Å². The molecule has 0 aliphatic rings. The molecule has 2 aromatic rings. The van der Waals surface area contributed by atoms with E-state index in [2.05, 4.69) is 31.9 Å². The number of hydrogen-bond donors (Lipinski definition) is 0. The standard InChI is InChI=1S/C13H10Br2O2S/c1-2-17-8-3-4-9(11(15)7-8)12(16)13-10(14)5-6-18-13/h3-7H,2H2,1H3. The van der Waals surface area contributed by atoms with Crippen molar-refractivity contribution in [3.05, 3.63) is 49.0 Å². The van der Waals surface area contributed by atoms with Gasteiger partial charge >= 0.3 is 0 Å². The lowest BCUT2D eigenvalue weighted by atomic mass is 10.1. The fraction of sp³-hybridized carbons (Fsp3) is 0.154. The Balaban J connectivity index is 2.34. The highest BCUT2D eigenvalue weighted by atomic mass is 79.9. The van der Waals surface area contributed by atoms with E-state index in [-0.39, 0.29) is 5.78 Å². The Hall–Kier alpha value is -0.650. The average molecular weight is 390 g/mol. The Morgan fingerprint density at radius 1 is 1.28 bits per heavy atom. The zero-order valence-electron chi connectivity index (χ0n) is 9.57. The molecule has 2 nitrogen and oxygen atoms in total. The summed E-state index contributed by atoms with van der Waals surface area (Å²) in [5.41, 5.74) is 0.640. The third-order valence-electron chi connectivity index (χ3n) is 2.32. The van der Waals surface area contributed by atoms with Crippen molar-refractivity contribution in [2.75, 3.05) is 6.61 Å². The van der Waals surface area contributed by atoms with E-state index in [0.29, 0.717) is 17.0 Å². The Bertz CT molecular complexity index is 578. The van der Waals surface area contributed by atoms with E-state index in [1.165, 1.54) is 11.3 Å². The molecule has 0 saturated carbocycles. The summed E-state index contributed by atoms with van der Waals surface area (Å²) in [4.78, 5) is 13.0. The van der Waals surface area contributed by atoms with Gasteiger partial charge in [-0.1, -0.05) is 0 Å². The van der Waals surface area contributed by atoms with Gasteiger partial charge in [-0.15, -0.1) is 11.3 Å². The molecule has 0 N–H and O–H groups in total. The lowest BCUT2D eigenvalue weighted by molar-refractivity contribution is 0.104. The second-order valence-electron chi connectivity index (χ2n) is 3.50. The summed E-state index contributed by atoms with van der Waals surface area (Å²) in [5.74, 6) is 0.762. The van der Waals surface area contributed by atoms with E-state index in [1.807, 2.05) is 30.5 Å². The molecule has 0 aliphatic heterocycles. The normalized spacial score (nSPS) is 10.4. The van der Waals surface area contributed by atoms with Gasteiger partial charge in [-0.3, -0.25) is 4.79 Å². The molecule has 0 fully saturated rings. The highest BCUT2D eigenvalue weighted by molar-refractivity contribution is 9.11. The summed E-state index contributed by atoms with van der Waals surface area (Å²) in [7, 11) is 0. The van der Waals surface area contributed by atoms with Crippen molar-refractivity contribution in [1.82, 2.24) is 0 Å². The second kappa shape index (κ2) is 5.99. The van der Waals surface area contributed by atoms with E-state index >= 15 is 0 Å². The van der Waals surface area contributed by atoms with Gasteiger partial charge in [-0.25, -0.2) is 0 Å². The molecule has 2 rings (SSSR count). The number of rotatable bonds is 4. The van der Waals surface area contributed by atoms with E-state index in [1.54, 1.807) is 6.07 Å². The van der Waals surface area contributed by atoms with Gasteiger partial charge < -0.3 is 4.74 Å². The highest BCUT2D eigenvalue weighted by Crippen LogP contribution is 2.30. The Kier molecular flexibility index (Phi) is 4.59. The van der Waals surface area contributed by atoms with Gasteiger partial charge in [-0.2, -0.15) is 0 Å². The molecule has 0 aliphatic carbocycles. The van der Waals surface area contributed by atoms with Gasteiger partial charge in [-0.05, 0) is 68.4 Å². The molecule has 5 heteroatoms. The van der Waals surface area contributed by atoms with E-state index in [4.69, 9.17) is 4.74 Å². The number of benzene rings is 1. The van der Waals surface area contributed by atoms with Crippen LogP contribution in [0.25, 0.3) is 0 Å². The number of thiophene rings is 1. The van der Waals surface area contributed by atoms with Crippen LogP contribution in [0.4, 0.5) is 0 Å². The van der Waals surface area contributed by atoms with Gasteiger partial charge in [0.25, 0.3) is 0 Å². The molecular formula is C13H10Br2O2S. The molecular weight excluding hydrogens is 380 g/mol. The first-order valence-electron chi connectivity index (χ1n) is 5.33. The van der Waals surface area contributed by atoms with Crippen LogP contribution < -0.4 is 4.74 Å². The molecule has 0 radical (unpaired) electrons. The molecule has 1 aromatic carbocycles. The summed E-state index contributed by atoms with van der Waals surface area (Å²) >= 11 is 8.22. The zero-order chi connectivity index (χ0) is 13.1. The Morgan fingerprint density at radius 3 is 2.61 bits per heavy atom. The summed E-state index contributed by atoms with van der Waals surface area (Å²) in [5, 5.41) is 1.89. The van der Waals surface area contributed by atoms with Crippen molar-refractivity contribution < 1.29 is 9.53 Å². The van der Waals surface area contributed by atoms with Crippen LogP contribution in [0, 0.1) is 0 Å². The number of carbonyl (C=O) groups excluding carboxylic acids is 1. The predicted molar refractivity (Wildman–Crippen MR) is 80.8 cm³/mol. The molecule has 94 valence electrons. The third kappa shape index (κ3) is 2.84. The summed E-state index contributed by atoms with van der Waals surface area (Å²) < 4.78 is 6.97. The van der Waals surface area contributed by atoms with E-state index in [9.17, 15) is 4.79 Å². The van der Waals surface area contributed by atoms with Crippen molar-refractivity contribution in [3.63, 3.8) is 0 Å². The van der Waals surface area contributed by atoms with Crippen LogP contribution in [0.3, 0.4) is 0 Å². The molecule has 0 spiro atoms. The maximum atomic E-state index is 12.3. The quantitative estimate of drug-likeness (QED) is 0.695. The summed E-state index contributed by atoms with van der Waals surface area (Å²) in [6.07, 6.45) is 0. The van der Waals surface area contributed by atoms with Gasteiger partial charge in [0.2, 0.25) is 5.78 Å². The first kappa shape index (κ1) is 13.8. The summed E-state index contributed by atoms with van der Waals surface area (Å²) in [6, 6.07) is 7.28. The van der Waals surface area contributed by atoms with Gasteiger partial charge in [0.05, 0.1) is 11.5 Å². The van der Waals surface area contributed by atoms with Gasteiger partial charge in [0.1, 0.15) is 5.75 Å². The van der Waals surface area contributed by atoms with Crippen LogP contribution in [-0.4, -0.2) is 12.4 Å². The number of ketones is 1. The topological polar surface area (TPSA) is 26.3 Å². The maximum absolute atomic E-state index is 12.3. The molecule has 0 amide bonds. The van der Waals surface area contributed by atoms with Crippen LogP contribution in [0.2, 0.25) is 0 Å². The maximum Gasteiger partial charge on any atom is 0.205 e. The van der Waals surface area contributed by atoms with Crippen molar-refractivity contribution >= 4 is 49.0 Å². The minimum atomic E-state index is 0.00629. The molecule has 1 aromatic heterocycles. The number of ether oxygens (including phenoxy) is 1. The Morgan fingerprint density at radius 2 is 2.06 bits per heavy atom. The summed E-state index contributed by atoms with van der Waals surface area (Å²) in [6.45, 7) is 2.53. The van der Waals surface area contributed by atoms with Crippen molar-refractivity contribution in [2.45, 2.75) is 6.92 Å². The predicted octanol–water partition coefficient (Wildman–Crippen LogP) is 4.90. The monoisotopic (exact) mass is 388 g/mol. The zero-order valence-corrected chi connectivity index (χ0v) is 13.6. The van der Waals surface area contributed by atoms with Crippen LogP contribution in [-0.2, 0) is 0 Å². The average Bonchev–Trinajstić information content (AvgIpc) is 2.75. The van der Waals surface area contributed by atoms with Crippen LogP contribution >= 0.6 is 43.2 Å². The molecule has 0 saturated heterocycles. The second-order valence-corrected chi connectivity index (χ2v) is 6.13. The highest BCUT2D eigenvalue weighted by Gasteiger charge is 2.17. The third-order valence-corrected chi connectivity index (χ3v) is 4.81. The number of carbonyl (C=O) groups is 1. The van der Waals surface area contributed by atoms with Crippen molar-refractivity contribution in [2.24, 2.45) is 0 Å². The van der Waals surface area contributed by atoms with E-state index in [0.717, 1.165) is 14.7 Å². The van der Waals surface area contributed by atoms with Gasteiger partial charge in [0.15, 0.2) is 0 Å². The largest absolute Gasteiger partial charge is 0.494 e. The first-order valence-corrected chi connectivity index (χ1v) is 7.80. The molecule has 18 heavy (non-hydrogen) atoms. The van der Waals surface area contributed by atoms with Gasteiger partial charge in [0, 0.05) is 14.5 Å². The van der Waals surface area contributed by atoms with Crippen molar-refractivity contribution in [1.29, 1.82) is 0 Å². The van der Waals surface area contributed by atoms with Crippen LogP contribution in [0.15, 0.2) is 38.6 Å². The number of halogens is 2. The Labute approximate surface area is 126 Å². The molecule has 0 bridgehead atoms. The molecule has 1 heterocycles. The number of hydrogen-bond acceptors (Lipinski definition) is 3. The first-order chi connectivity index (χ1) is 8.63. The fourth-order valence-corrected chi connectivity index (χ4v) is 3.56. The van der Waals surface area contributed by atoms with E-state index < -0.39 is 0 Å². The smallest absolute Gasteiger partial charge is 0.205 e. The van der Waals surface area contributed by atoms with Crippen LogP contribution in [0.5, 0.6) is 5.75 Å². The molecule has 0 unspecified atom stereocenters. The fourth-order valence-electron chi connectivity index (χ4n) is 1.51. The minimum absolute atomic E-state index is 0.00629. The lowest BCUT2D eigenvalue weighted by Crippen LogP contribution is -2.01. The SMILES string of the molecule is CCOc1ccc(C(=O)c2sccc2Br)c(Br)c1. The lowest BCUT2D eigenvalue weighted by Gasteiger charge is -2.07. The van der Waals surface area contributed by atoms with Crippen molar-refractivity contribution in [3.8, 4) is 5.75 Å².